The number of piperazine rings is 1. The maximum Gasteiger partial charge on any atom is 0.254 e. The van der Waals surface area contributed by atoms with Crippen molar-refractivity contribution in [2.24, 2.45) is 0 Å². The molecule has 0 bridgehead atoms. The number of ketones is 1. The van der Waals surface area contributed by atoms with Gasteiger partial charge in [0.05, 0.1) is 15.3 Å². The SMILES string of the molecule is O=C(c1cccs1)c1ccccc1C(=O)N1CCN(S(=O)(=O)c2ccccc2)CC1. The van der Waals surface area contributed by atoms with Gasteiger partial charge in [-0.2, -0.15) is 4.31 Å². The fourth-order valence-electron chi connectivity index (χ4n) is 3.45. The first-order chi connectivity index (χ1) is 14.5. The Hall–Kier alpha value is -2.81. The lowest BCUT2D eigenvalue weighted by atomic mass is 10.0. The minimum atomic E-state index is -3.58. The average molecular weight is 441 g/mol. The van der Waals surface area contributed by atoms with Gasteiger partial charge >= 0.3 is 0 Å². The van der Waals surface area contributed by atoms with Crippen LogP contribution in [0.25, 0.3) is 0 Å². The van der Waals surface area contributed by atoms with Crippen LogP contribution in [0.1, 0.15) is 25.6 Å². The van der Waals surface area contributed by atoms with Crippen LogP contribution < -0.4 is 0 Å². The summed E-state index contributed by atoms with van der Waals surface area (Å²) in [5.41, 5.74) is 0.708. The first kappa shape index (κ1) is 20.5. The van der Waals surface area contributed by atoms with Crippen molar-refractivity contribution < 1.29 is 18.0 Å². The van der Waals surface area contributed by atoms with Gasteiger partial charge in [-0.05, 0) is 29.6 Å². The van der Waals surface area contributed by atoms with E-state index in [2.05, 4.69) is 0 Å². The lowest BCUT2D eigenvalue weighted by Crippen LogP contribution is -2.50. The van der Waals surface area contributed by atoms with E-state index >= 15 is 0 Å². The van der Waals surface area contributed by atoms with Gasteiger partial charge in [0.25, 0.3) is 5.91 Å². The van der Waals surface area contributed by atoms with E-state index in [1.54, 1.807) is 71.6 Å². The van der Waals surface area contributed by atoms with E-state index in [1.807, 2.05) is 5.38 Å². The summed E-state index contributed by atoms with van der Waals surface area (Å²) in [6.07, 6.45) is 0. The van der Waals surface area contributed by atoms with E-state index in [1.165, 1.54) is 15.6 Å². The highest BCUT2D eigenvalue weighted by atomic mass is 32.2. The number of sulfonamides is 1. The minimum absolute atomic E-state index is 0.181. The molecule has 1 aliphatic rings. The van der Waals surface area contributed by atoms with Crippen LogP contribution in [-0.2, 0) is 10.0 Å². The van der Waals surface area contributed by atoms with E-state index in [9.17, 15) is 18.0 Å². The molecule has 30 heavy (non-hydrogen) atoms. The Balaban J connectivity index is 1.50. The molecule has 1 amide bonds. The van der Waals surface area contributed by atoms with Crippen molar-refractivity contribution in [2.45, 2.75) is 4.90 Å². The van der Waals surface area contributed by atoms with Gasteiger partial charge in [0.15, 0.2) is 0 Å². The summed E-state index contributed by atoms with van der Waals surface area (Å²) in [5, 5.41) is 1.82. The average Bonchev–Trinajstić information content (AvgIpc) is 3.34. The van der Waals surface area contributed by atoms with Crippen LogP contribution in [0.4, 0.5) is 0 Å². The van der Waals surface area contributed by atoms with Gasteiger partial charge < -0.3 is 4.90 Å². The molecule has 8 heteroatoms. The Morgan fingerprint density at radius 1 is 0.767 bits per heavy atom. The monoisotopic (exact) mass is 440 g/mol. The Labute approximate surface area is 179 Å². The molecular formula is C22H20N2O4S2. The summed E-state index contributed by atoms with van der Waals surface area (Å²) in [7, 11) is -3.58. The quantitative estimate of drug-likeness (QED) is 0.572. The molecule has 1 saturated heterocycles. The van der Waals surface area contributed by atoms with Crippen molar-refractivity contribution in [3.8, 4) is 0 Å². The summed E-state index contributed by atoms with van der Waals surface area (Å²) in [4.78, 5) is 28.4. The van der Waals surface area contributed by atoms with E-state index in [0.717, 1.165) is 0 Å². The molecule has 1 aromatic heterocycles. The largest absolute Gasteiger partial charge is 0.336 e. The van der Waals surface area contributed by atoms with Gasteiger partial charge in [-0.25, -0.2) is 8.42 Å². The van der Waals surface area contributed by atoms with Crippen LogP contribution >= 0.6 is 11.3 Å². The zero-order chi connectivity index (χ0) is 21.1. The molecule has 0 unspecified atom stereocenters. The third-order valence-electron chi connectivity index (χ3n) is 5.05. The van der Waals surface area contributed by atoms with Crippen LogP contribution in [0.2, 0.25) is 0 Å². The van der Waals surface area contributed by atoms with Crippen LogP contribution in [0.15, 0.2) is 77.0 Å². The molecule has 3 aromatic rings. The van der Waals surface area contributed by atoms with Crippen molar-refractivity contribution in [1.29, 1.82) is 0 Å². The van der Waals surface area contributed by atoms with Crippen molar-refractivity contribution in [2.75, 3.05) is 26.2 Å². The van der Waals surface area contributed by atoms with Gasteiger partial charge in [0, 0.05) is 31.7 Å². The molecule has 4 rings (SSSR count). The number of carbonyl (C=O) groups excluding carboxylic acids is 2. The van der Waals surface area contributed by atoms with Gasteiger partial charge in [-0.1, -0.05) is 42.5 Å². The number of hydrogen-bond acceptors (Lipinski definition) is 5. The number of amides is 1. The third-order valence-corrected chi connectivity index (χ3v) is 7.84. The number of benzene rings is 2. The number of thiophene rings is 1. The predicted octanol–water partition coefficient (Wildman–Crippen LogP) is 3.13. The predicted molar refractivity (Wildman–Crippen MR) is 115 cm³/mol. The molecule has 1 aliphatic heterocycles. The van der Waals surface area contributed by atoms with Gasteiger partial charge in [0.1, 0.15) is 0 Å². The second-order valence-electron chi connectivity index (χ2n) is 6.86. The Morgan fingerprint density at radius 2 is 1.40 bits per heavy atom. The highest BCUT2D eigenvalue weighted by Crippen LogP contribution is 2.22. The zero-order valence-corrected chi connectivity index (χ0v) is 17.7. The Kier molecular flexibility index (Phi) is 5.80. The highest BCUT2D eigenvalue weighted by Gasteiger charge is 2.31. The van der Waals surface area contributed by atoms with Crippen molar-refractivity contribution in [1.82, 2.24) is 9.21 Å². The third kappa shape index (κ3) is 3.94. The lowest BCUT2D eigenvalue weighted by Gasteiger charge is -2.34. The normalized spacial score (nSPS) is 15.1. The number of carbonyl (C=O) groups is 2. The molecule has 0 saturated carbocycles. The maximum absolute atomic E-state index is 13.1. The van der Waals surface area contributed by atoms with Gasteiger partial charge in [-0.3, -0.25) is 9.59 Å². The van der Waals surface area contributed by atoms with Crippen LogP contribution in [0.5, 0.6) is 0 Å². The number of hydrogen-bond donors (Lipinski definition) is 0. The Morgan fingerprint density at radius 3 is 2.03 bits per heavy atom. The molecule has 154 valence electrons. The summed E-state index contributed by atoms with van der Waals surface area (Å²) < 4.78 is 27.0. The Bertz CT molecular complexity index is 1150. The molecule has 6 nitrogen and oxygen atoms in total. The maximum atomic E-state index is 13.1. The van der Waals surface area contributed by atoms with E-state index < -0.39 is 10.0 Å². The van der Waals surface area contributed by atoms with Crippen molar-refractivity contribution in [3.63, 3.8) is 0 Å². The van der Waals surface area contributed by atoms with Gasteiger partial charge in [-0.15, -0.1) is 11.3 Å². The molecule has 1 fully saturated rings. The van der Waals surface area contributed by atoms with Crippen molar-refractivity contribution >= 4 is 33.1 Å². The topological polar surface area (TPSA) is 74.8 Å². The van der Waals surface area contributed by atoms with E-state index in [4.69, 9.17) is 0 Å². The smallest absolute Gasteiger partial charge is 0.254 e. The number of rotatable bonds is 5. The highest BCUT2D eigenvalue weighted by molar-refractivity contribution is 7.89. The fourth-order valence-corrected chi connectivity index (χ4v) is 5.57. The molecule has 2 heterocycles. The second-order valence-corrected chi connectivity index (χ2v) is 9.75. The zero-order valence-electron chi connectivity index (χ0n) is 16.1. The first-order valence-corrected chi connectivity index (χ1v) is 11.8. The van der Waals surface area contributed by atoms with Gasteiger partial charge in [0.2, 0.25) is 15.8 Å². The molecule has 0 N–H and O–H groups in total. The molecular weight excluding hydrogens is 420 g/mol. The fraction of sp³-hybridized carbons (Fsp3) is 0.182. The molecule has 0 aliphatic carbocycles. The molecule has 0 atom stereocenters. The van der Waals surface area contributed by atoms with Crippen LogP contribution in [0, 0.1) is 0 Å². The lowest BCUT2D eigenvalue weighted by molar-refractivity contribution is 0.0694. The van der Waals surface area contributed by atoms with Crippen LogP contribution in [0.3, 0.4) is 0 Å². The van der Waals surface area contributed by atoms with E-state index in [0.29, 0.717) is 16.0 Å². The summed E-state index contributed by atoms with van der Waals surface area (Å²) >= 11 is 1.33. The van der Waals surface area contributed by atoms with Crippen molar-refractivity contribution in [3.05, 3.63) is 88.1 Å². The first-order valence-electron chi connectivity index (χ1n) is 9.50. The standard InChI is InChI=1S/C22H20N2O4S2/c25-21(20-11-6-16-29-20)18-9-4-5-10-19(18)22(26)23-12-14-24(15-13-23)30(27,28)17-7-2-1-3-8-17/h1-11,16H,12-15H2. The summed E-state index contributed by atoms with van der Waals surface area (Å²) in [6.45, 7) is 0.965. The summed E-state index contributed by atoms with van der Waals surface area (Å²) in [5.74, 6) is -0.438. The number of nitrogens with zero attached hydrogens (tertiary/aromatic N) is 2. The van der Waals surface area contributed by atoms with Crippen LogP contribution in [-0.4, -0.2) is 55.5 Å². The second kappa shape index (κ2) is 8.51. The molecule has 0 spiro atoms. The minimum Gasteiger partial charge on any atom is -0.336 e. The summed E-state index contributed by atoms with van der Waals surface area (Å²) in [6, 6.07) is 18.6. The molecule has 0 radical (unpaired) electrons. The van der Waals surface area contributed by atoms with E-state index in [-0.39, 0.29) is 42.8 Å². The molecule has 2 aromatic carbocycles.